The van der Waals surface area contributed by atoms with Crippen molar-refractivity contribution in [3.8, 4) is 5.75 Å². The van der Waals surface area contributed by atoms with E-state index in [4.69, 9.17) is 14.7 Å². The van der Waals surface area contributed by atoms with Gasteiger partial charge >= 0.3 is 0 Å². The Hall–Kier alpha value is -2.63. The Labute approximate surface area is 179 Å². The lowest BCUT2D eigenvalue weighted by atomic mass is 10.0. The van der Waals surface area contributed by atoms with Crippen molar-refractivity contribution in [1.82, 2.24) is 14.9 Å². The van der Waals surface area contributed by atoms with Crippen LogP contribution in [0.4, 0.5) is 5.82 Å². The summed E-state index contributed by atoms with van der Waals surface area (Å²) in [6.45, 7) is 8.52. The van der Waals surface area contributed by atoms with Crippen molar-refractivity contribution >= 4 is 11.7 Å². The van der Waals surface area contributed by atoms with Gasteiger partial charge in [-0.15, -0.1) is 0 Å². The summed E-state index contributed by atoms with van der Waals surface area (Å²) in [4.78, 5) is 27.0. The van der Waals surface area contributed by atoms with Crippen LogP contribution in [0.2, 0.25) is 0 Å². The number of aromatic nitrogens is 2. The third kappa shape index (κ3) is 3.87. The van der Waals surface area contributed by atoms with Crippen molar-refractivity contribution in [2.75, 3.05) is 25.1 Å². The maximum atomic E-state index is 12.7. The summed E-state index contributed by atoms with van der Waals surface area (Å²) in [6, 6.07) is 8.15. The second-order valence-electron chi connectivity index (χ2n) is 8.65. The van der Waals surface area contributed by atoms with Gasteiger partial charge in [-0.3, -0.25) is 4.79 Å². The number of hydrogen-bond acceptors (Lipinski definition) is 5. The molecule has 2 aliphatic rings. The van der Waals surface area contributed by atoms with E-state index in [0.29, 0.717) is 0 Å². The minimum absolute atomic E-state index is 0.00799. The molecule has 1 aromatic carbocycles. The molecule has 0 saturated carbocycles. The van der Waals surface area contributed by atoms with Gasteiger partial charge < -0.3 is 14.5 Å². The van der Waals surface area contributed by atoms with Crippen molar-refractivity contribution in [1.29, 1.82) is 0 Å². The molecular formula is C24H32N4O2. The number of benzene rings is 1. The molecule has 1 fully saturated rings. The molecule has 0 bridgehead atoms. The lowest BCUT2D eigenvalue weighted by Crippen LogP contribution is -2.36. The van der Waals surface area contributed by atoms with Gasteiger partial charge in [0.2, 0.25) is 5.91 Å². The molecule has 1 aromatic heterocycles. The van der Waals surface area contributed by atoms with E-state index in [0.717, 1.165) is 74.0 Å². The molecule has 1 atom stereocenters. The van der Waals surface area contributed by atoms with E-state index in [2.05, 4.69) is 17.9 Å². The summed E-state index contributed by atoms with van der Waals surface area (Å²) in [7, 11) is 1.72. The highest BCUT2D eigenvalue weighted by molar-refractivity contribution is 5.78. The molecule has 2 aliphatic heterocycles. The Kier molecular flexibility index (Phi) is 5.93. The van der Waals surface area contributed by atoms with Crippen LogP contribution in [0, 0.1) is 12.8 Å². The molecule has 0 spiro atoms. The third-order valence-corrected chi connectivity index (χ3v) is 6.25. The number of nitrogens with zero attached hydrogens (tertiary/aromatic N) is 4. The van der Waals surface area contributed by atoms with Crippen LogP contribution >= 0.6 is 0 Å². The normalized spacial score (nSPS) is 18.6. The topological polar surface area (TPSA) is 58.6 Å². The Morgan fingerprint density at radius 1 is 1.20 bits per heavy atom. The molecule has 0 unspecified atom stereocenters. The first-order valence-electron chi connectivity index (χ1n) is 11.0. The van der Waals surface area contributed by atoms with Crippen LogP contribution in [-0.4, -0.2) is 41.0 Å². The summed E-state index contributed by atoms with van der Waals surface area (Å²) in [6.07, 6.45) is 4.03. The van der Waals surface area contributed by atoms with Gasteiger partial charge in [0.1, 0.15) is 11.6 Å². The smallest absolute Gasteiger partial charge is 0.225 e. The molecule has 0 N–H and O–H groups in total. The molecule has 0 radical (unpaired) electrons. The van der Waals surface area contributed by atoms with Crippen molar-refractivity contribution in [2.45, 2.75) is 59.0 Å². The lowest BCUT2D eigenvalue weighted by Gasteiger charge is -2.33. The fourth-order valence-electron chi connectivity index (χ4n) is 4.68. The maximum Gasteiger partial charge on any atom is 0.225 e. The minimum atomic E-state index is -0.0149. The molecule has 4 rings (SSSR count). The summed E-state index contributed by atoms with van der Waals surface area (Å²) in [5.74, 6) is 2.91. The number of carbonyl (C=O) groups excluding carboxylic acids is 1. The van der Waals surface area contributed by atoms with E-state index in [1.807, 2.05) is 36.9 Å². The number of aryl methyl sites for hydroxylation is 1. The van der Waals surface area contributed by atoms with Crippen LogP contribution in [0.1, 0.15) is 61.8 Å². The van der Waals surface area contributed by atoms with Crippen molar-refractivity contribution in [3.63, 3.8) is 0 Å². The first-order chi connectivity index (χ1) is 14.5. The first kappa shape index (κ1) is 20.6. The quantitative estimate of drug-likeness (QED) is 0.747. The number of likely N-dealkylation sites (tertiary alicyclic amines) is 1. The molecule has 160 valence electrons. The molecule has 3 heterocycles. The summed E-state index contributed by atoms with van der Waals surface area (Å²) >= 11 is 0. The SMILES string of the molecule is COc1ccccc1CN1CCCc2c(C)nc([C@@H]3CCCN3C(=O)C(C)C)nc21. The van der Waals surface area contributed by atoms with Crippen molar-refractivity contribution < 1.29 is 9.53 Å². The van der Waals surface area contributed by atoms with Gasteiger partial charge in [0.15, 0.2) is 5.82 Å². The molecule has 1 saturated heterocycles. The van der Waals surface area contributed by atoms with Gasteiger partial charge in [-0.05, 0) is 38.7 Å². The summed E-state index contributed by atoms with van der Waals surface area (Å²) in [5, 5.41) is 0. The van der Waals surface area contributed by atoms with Crippen LogP contribution in [0.15, 0.2) is 24.3 Å². The van der Waals surface area contributed by atoms with E-state index >= 15 is 0 Å². The van der Waals surface area contributed by atoms with E-state index in [9.17, 15) is 4.79 Å². The van der Waals surface area contributed by atoms with Crippen LogP contribution in [-0.2, 0) is 17.8 Å². The number of fused-ring (bicyclic) bond motifs is 1. The molecule has 1 amide bonds. The molecule has 6 nitrogen and oxygen atoms in total. The highest BCUT2D eigenvalue weighted by Crippen LogP contribution is 2.35. The van der Waals surface area contributed by atoms with Gasteiger partial charge in [0.25, 0.3) is 0 Å². The highest BCUT2D eigenvalue weighted by atomic mass is 16.5. The van der Waals surface area contributed by atoms with Gasteiger partial charge in [-0.25, -0.2) is 9.97 Å². The van der Waals surface area contributed by atoms with Crippen LogP contribution in [0.5, 0.6) is 5.75 Å². The van der Waals surface area contributed by atoms with Gasteiger partial charge in [0.05, 0.1) is 13.2 Å². The average Bonchev–Trinajstić information content (AvgIpc) is 3.23. The van der Waals surface area contributed by atoms with E-state index < -0.39 is 0 Å². The fourth-order valence-corrected chi connectivity index (χ4v) is 4.68. The lowest BCUT2D eigenvalue weighted by molar-refractivity contribution is -0.135. The Bertz CT molecular complexity index is 927. The third-order valence-electron chi connectivity index (χ3n) is 6.25. The van der Waals surface area contributed by atoms with Crippen LogP contribution in [0.3, 0.4) is 0 Å². The zero-order valence-corrected chi connectivity index (χ0v) is 18.5. The first-order valence-corrected chi connectivity index (χ1v) is 11.0. The molecule has 2 aromatic rings. The maximum absolute atomic E-state index is 12.7. The van der Waals surface area contributed by atoms with E-state index in [1.54, 1.807) is 7.11 Å². The van der Waals surface area contributed by atoms with Gasteiger partial charge in [-0.2, -0.15) is 0 Å². The molecular weight excluding hydrogens is 376 g/mol. The second kappa shape index (κ2) is 8.62. The molecule has 0 aliphatic carbocycles. The van der Waals surface area contributed by atoms with Gasteiger partial charge in [0, 0.05) is 42.4 Å². The van der Waals surface area contributed by atoms with Crippen LogP contribution in [0.25, 0.3) is 0 Å². The standard InChI is InChI=1S/C24H32N4O2/c1-16(2)24(29)28-14-8-11-20(28)22-25-17(3)19-10-7-13-27(23(19)26-22)15-18-9-5-6-12-21(18)30-4/h5-6,9,12,16,20H,7-8,10-11,13-15H2,1-4H3/t20-/m0/s1. The van der Waals surface area contributed by atoms with Gasteiger partial charge in [-0.1, -0.05) is 32.0 Å². The van der Waals surface area contributed by atoms with Crippen molar-refractivity contribution in [3.05, 3.63) is 46.9 Å². The predicted molar refractivity (Wildman–Crippen MR) is 118 cm³/mol. The number of rotatable bonds is 5. The second-order valence-corrected chi connectivity index (χ2v) is 8.65. The number of carbonyl (C=O) groups is 1. The molecule has 6 heteroatoms. The zero-order valence-electron chi connectivity index (χ0n) is 18.5. The van der Waals surface area contributed by atoms with Crippen molar-refractivity contribution in [2.24, 2.45) is 5.92 Å². The fraction of sp³-hybridized carbons (Fsp3) is 0.542. The number of methoxy groups -OCH3 is 1. The summed E-state index contributed by atoms with van der Waals surface area (Å²) in [5.41, 5.74) is 3.44. The number of anilines is 1. The zero-order chi connectivity index (χ0) is 21.3. The number of ether oxygens (including phenoxy) is 1. The average molecular weight is 409 g/mol. The molecule has 30 heavy (non-hydrogen) atoms. The van der Waals surface area contributed by atoms with Crippen LogP contribution < -0.4 is 9.64 Å². The number of amides is 1. The van der Waals surface area contributed by atoms with E-state index in [1.165, 1.54) is 5.56 Å². The monoisotopic (exact) mass is 408 g/mol. The Balaban J connectivity index is 1.68. The predicted octanol–water partition coefficient (Wildman–Crippen LogP) is 4.07. The number of para-hydroxylation sites is 1. The summed E-state index contributed by atoms with van der Waals surface area (Å²) < 4.78 is 5.56. The highest BCUT2D eigenvalue weighted by Gasteiger charge is 2.34. The number of hydrogen-bond donors (Lipinski definition) is 0. The Morgan fingerprint density at radius 2 is 2.00 bits per heavy atom. The largest absolute Gasteiger partial charge is 0.496 e. The van der Waals surface area contributed by atoms with E-state index in [-0.39, 0.29) is 17.9 Å². The minimum Gasteiger partial charge on any atom is -0.496 e. The Morgan fingerprint density at radius 3 is 2.77 bits per heavy atom.